The van der Waals surface area contributed by atoms with Crippen molar-refractivity contribution in [2.75, 3.05) is 14.2 Å². The SMILES string of the molecule is COc1cc(OC)cc(C2=NC(=Cc3ccc(C)o3)C(=O)O2)c1. The molecule has 2 aromatic rings. The second kappa shape index (κ2) is 6.00. The molecule has 1 aromatic heterocycles. The fraction of sp³-hybridized carbons (Fsp3) is 0.176. The number of aliphatic imine (C=N–C) groups is 1. The molecule has 118 valence electrons. The van der Waals surface area contributed by atoms with Crippen LogP contribution in [-0.4, -0.2) is 26.1 Å². The van der Waals surface area contributed by atoms with Crippen molar-refractivity contribution in [3.8, 4) is 11.5 Å². The van der Waals surface area contributed by atoms with Crippen molar-refractivity contribution < 1.29 is 23.4 Å². The van der Waals surface area contributed by atoms with Gasteiger partial charge in [0, 0.05) is 17.7 Å². The number of benzene rings is 1. The monoisotopic (exact) mass is 313 g/mol. The predicted molar refractivity (Wildman–Crippen MR) is 83.6 cm³/mol. The number of carbonyl (C=O) groups excluding carboxylic acids is 1. The Balaban J connectivity index is 1.96. The van der Waals surface area contributed by atoms with E-state index in [-0.39, 0.29) is 11.6 Å². The van der Waals surface area contributed by atoms with Crippen molar-refractivity contribution in [1.29, 1.82) is 0 Å². The summed E-state index contributed by atoms with van der Waals surface area (Å²) < 4.78 is 21.1. The second-order valence-corrected chi connectivity index (χ2v) is 4.89. The molecule has 0 saturated carbocycles. The standard InChI is InChI=1S/C17H15NO5/c1-10-4-5-12(22-10)9-15-17(19)23-16(18-15)11-6-13(20-2)8-14(7-11)21-3/h4-9H,1-3H3. The third-order valence-corrected chi connectivity index (χ3v) is 3.26. The molecule has 0 bridgehead atoms. The molecule has 0 saturated heterocycles. The van der Waals surface area contributed by atoms with Crippen LogP contribution < -0.4 is 9.47 Å². The lowest BCUT2D eigenvalue weighted by Gasteiger charge is -2.07. The first kappa shape index (κ1) is 14.9. The summed E-state index contributed by atoms with van der Waals surface area (Å²) in [5.41, 5.74) is 0.768. The van der Waals surface area contributed by atoms with E-state index in [0.717, 1.165) is 5.76 Å². The smallest absolute Gasteiger partial charge is 0.363 e. The number of carbonyl (C=O) groups is 1. The molecule has 0 radical (unpaired) electrons. The van der Waals surface area contributed by atoms with Crippen LogP contribution in [0.5, 0.6) is 11.5 Å². The van der Waals surface area contributed by atoms with E-state index in [2.05, 4.69) is 4.99 Å². The molecule has 1 aromatic carbocycles. The highest BCUT2D eigenvalue weighted by molar-refractivity contribution is 6.13. The predicted octanol–water partition coefficient (Wildman–Crippen LogP) is 2.95. The lowest BCUT2D eigenvalue weighted by molar-refractivity contribution is -0.129. The number of ether oxygens (including phenoxy) is 3. The number of rotatable bonds is 4. The normalized spacial score (nSPS) is 15.5. The van der Waals surface area contributed by atoms with Crippen molar-refractivity contribution in [1.82, 2.24) is 0 Å². The zero-order valence-electron chi connectivity index (χ0n) is 13.0. The maximum Gasteiger partial charge on any atom is 0.363 e. The minimum Gasteiger partial charge on any atom is -0.497 e. The van der Waals surface area contributed by atoms with Crippen LogP contribution in [0.2, 0.25) is 0 Å². The zero-order chi connectivity index (χ0) is 16.4. The lowest BCUT2D eigenvalue weighted by atomic mass is 10.2. The van der Waals surface area contributed by atoms with E-state index in [1.807, 2.05) is 13.0 Å². The molecule has 0 unspecified atom stereocenters. The second-order valence-electron chi connectivity index (χ2n) is 4.89. The highest BCUT2D eigenvalue weighted by Crippen LogP contribution is 2.26. The molecule has 0 aliphatic carbocycles. The van der Waals surface area contributed by atoms with Crippen LogP contribution in [0.1, 0.15) is 17.1 Å². The largest absolute Gasteiger partial charge is 0.497 e. The Morgan fingerprint density at radius 1 is 1.09 bits per heavy atom. The number of nitrogens with zero attached hydrogens (tertiary/aromatic N) is 1. The van der Waals surface area contributed by atoms with Gasteiger partial charge in [-0.1, -0.05) is 0 Å². The van der Waals surface area contributed by atoms with Crippen molar-refractivity contribution in [2.45, 2.75) is 6.92 Å². The fourth-order valence-electron chi connectivity index (χ4n) is 2.13. The number of aryl methyl sites for hydroxylation is 1. The van der Waals surface area contributed by atoms with Gasteiger partial charge in [-0.15, -0.1) is 0 Å². The summed E-state index contributed by atoms with van der Waals surface area (Å²) in [4.78, 5) is 16.2. The Kier molecular flexibility index (Phi) is 3.89. The molecule has 0 N–H and O–H groups in total. The zero-order valence-corrected chi connectivity index (χ0v) is 13.0. The minimum absolute atomic E-state index is 0.177. The van der Waals surface area contributed by atoms with Gasteiger partial charge < -0.3 is 18.6 Å². The Hall–Kier alpha value is -3.02. The van der Waals surface area contributed by atoms with Gasteiger partial charge in [-0.25, -0.2) is 9.79 Å². The third-order valence-electron chi connectivity index (χ3n) is 3.26. The molecule has 0 spiro atoms. The molecular weight excluding hydrogens is 298 g/mol. The van der Waals surface area contributed by atoms with E-state index < -0.39 is 5.97 Å². The summed E-state index contributed by atoms with van der Waals surface area (Å²) in [6, 6.07) is 8.73. The number of methoxy groups -OCH3 is 2. The maximum absolute atomic E-state index is 12.0. The Morgan fingerprint density at radius 3 is 2.35 bits per heavy atom. The molecular formula is C17H15NO5. The van der Waals surface area contributed by atoms with Crippen molar-refractivity contribution in [3.05, 3.63) is 53.1 Å². The minimum atomic E-state index is -0.532. The van der Waals surface area contributed by atoms with E-state index in [1.54, 1.807) is 44.6 Å². The lowest BCUT2D eigenvalue weighted by Crippen LogP contribution is -2.06. The quantitative estimate of drug-likeness (QED) is 0.641. The summed E-state index contributed by atoms with van der Waals surface area (Å²) in [7, 11) is 3.09. The average Bonchev–Trinajstić information content (AvgIpc) is 3.13. The van der Waals surface area contributed by atoms with E-state index >= 15 is 0 Å². The van der Waals surface area contributed by atoms with Crippen LogP contribution in [0.3, 0.4) is 0 Å². The summed E-state index contributed by atoms with van der Waals surface area (Å²) in [6.07, 6.45) is 1.54. The van der Waals surface area contributed by atoms with Gasteiger partial charge in [0.15, 0.2) is 5.70 Å². The first-order chi connectivity index (χ1) is 11.1. The van der Waals surface area contributed by atoms with Crippen LogP contribution >= 0.6 is 0 Å². The van der Waals surface area contributed by atoms with E-state index in [4.69, 9.17) is 18.6 Å². The molecule has 6 heteroatoms. The number of cyclic esters (lactones) is 1. The van der Waals surface area contributed by atoms with Gasteiger partial charge in [-0.3, -0.25) is 0 Å². The van der Waals surface area contributed by atoms with E-state index in [9.17, 15) is 4.79 Å². The van der Waals surface area contributed by atoms with Gasteiger partial charge in [0.25, 0.3) is 0 Å². The summed E-state index contributed by atoms with van der Waals surface area (Å²) in [5.74, 6) is 2.12. The van der Waals surface area contributed by atoms with Gasteiger partial charge in [0.2, 0.25) is 5.90 Å². The van der Waals surface area contributed by atoms with Crippen LogP contribution in [0.25, 0.3) is 6.08 Å². The number of hydrogen-bond donors (Lipinski definition) is 0. The Bertz CT molecular complexity index is 794. The maximum atomic E-state index is 12.0. The fourth-order valence-corrected chi connectivity index (χ4v) is 2.13. The molecule has 0 fully saturated rings. The summed E-state index contributed by atoms with van der Waals surface area (Å²) >= 11 is 0. The van der Waals surface area contributed by atoms with Crippen LogP contribution in [0.4, 0.5) is 0 Å². The van der Waals surface area contributed by atoms with E-state index in [0.29, 0.717) is 22.8 Å². The van der Waals surface area contributed by atoms with Crippen LogP contribution in [0.15, 0.2) is 45.4 Å². The van der Waals surface area contributed by atoms with Gasteiger partial charge >= 0.3 is 5.97 Å². The molecule has 0 atom stereocenters. The van der Waals surface area contributed by atoms with Crippen LogP contribution in [-0.2, 0) is 9.53 Å². The molecule has 3 rings (SSSR count). The molecule has 23 heavy (non-hydrogen) atoms. The number of esters is 1. The number of hydrogen-bond acceptors (Lipinski definition) is 6. The van der Waals surface area contributed by atoms with Crippen LogP contribution in [0, 0.1) is 6.92 Å². The molecule has 1 aliphatic heterocycles. The number of furan rings is 1. The average molecular weight is 313 g/mol. The van der Waals surface area contributed by atoms with Gasteiger partial charge in [-0.2, -0.15) is 0 Å². The topological polar surface area (TPSA) is 70.3 Å². The Labute approximate surface area is 133 Å². The summed E-state index contributed by atoms with van der Waals surface area (Å²) in [6.45, 7) is 1.83. The third kappa shape index (κ3) is 3.11. The van der Waals surface area contributed by atoms with Crippen molar-refractivity contribution >= 4 is 17.9 Å². The molecule has 6 nitrogen and oxygen atoms in total. The van der Waals surface area contributed by atoms with Gasteiger partial charge in [0.05, 0.1) is 14.2 Å². The van der Waals surface area contributed by atoms with Gasteiger partial charge in [0.1, 0.15) is 23.0 Å². The molecule has 2 heterocycles. The molecule has 1 aliphatic rings. The van der Waals surface area contributed by atoms with Crippen molar-refractivity contribution in [2.24, 2.45) is 4.99 Å². The Morgan fingerprint density at radius 2 is 1.78 bits per heavy atom. The highest BCUT2D eigenvalue weighted by Gasteiger charge is 2.25. The summed E-state index contributed by atoms with van der Waals surface area (Å²) in [5, 5.41) is 0. The van der Waals surface area contributed by atoms with E-state index in [1.165, 1.54) is 0 Å². The first-order valence-corrected chi connectivity index (χ1v) is 6.91. The van der Waals surface area contributed by atoms with Gasteiger partial charge in [-0.05, 0) is 31.2 Å². The van der Waals surface area contributed by atoms with Crippen molar-refractivity contribution in [3.63, 3.8) is 0 Å². The first-order valence-electron chi connectivity index (χ1n) is 6.91. The highest BCUT2D eigenvalue weighted by atomic mass is 16.6. The molecule has 0 amide bonds.